The van der Waals surface area contributed by atoms with Crippen LogP contribution < -0.4 is 5.73 Å². The van der Waals surface area contributed by atoms with E-state index in [2.05, 4.69) is 10.1 Å². The number of oxime groups is 1. The maximum absolute atomic E-state index is 12.7. The van der Waals surface area contributed by atoms with Gasteiger partial charge < -0.3 is 15.7 Å². The number of rotatable bonds is 4. The molecule has 2 aromatic rings. The number of carbonyl (C=O) groups excluding carboxylic acids is 1. The molecule has 1 heterocycles. The molecule has 0 unspecified atom stereocenters. The fourth-order valence-electron chi connectivity index (χ4n) is 1.85. The Hall–Kier alpha value is -2.60. The van der Waals surface area contributed by atoms with E-state index < -0.39 is 11.4 Å². The van der Waals surface area contributed by atoms with E-state index >= 15 is 0 Å². The zero-order valence-corrected chi connectivity index (χ0v) is 14.3. The highest BCUT2D eigenvalue weighted by molar-refractivity contribution is 6.31. The zero-order chi connectivity index (χ0) is 17.9. The van der Waals surface area contributed by atoms with Gasteiger partial charge in [0.1, 0.15) is 17.0 Å². The number of hydrogen-bond donors (Lipinski definition) is 2. The first kappa shape index (κ1) is 17.7. The molecule has 0 spiro atoms. The topological polar surface area (TPSA) is 97.8 Å². The highest BCUT2D eigenvalue weighted by atomic mass is 35.5. The summed E-state index contributed by atoms with van der Waals surface area (Å²) in [4.78, 5) is 22.1. The number of hydrogen-bond acceptors (Lipinski definition) is 5. The Morgan fingerprint density at radius 2 is 2.00 bits per heavy atom. The number of nitrogens with zero attached hydrogens (tertiary/aromatic N) is 2. The quantitative estimate of drug-likeness (QED) is 0.383. The molecule has 3 N–H and O–H groups in total. The van der Waals surface area contributed by atoms with E-state index in [0.717, 1.165) is 0 Å². The SMILES string of the molecule is CC(C)(C)O/N=C(/N)c1cccnc1C(=O)c1cc(Cl)ccc1O. The average Bonchev–Trinajstić information content (AvgIpc) is 2.53. The van der Waals surface area contributed by atoms with Crippen LogP contribution in [0.5, 0.6) is 5.75 Å². The number of nitrogens with two attached hydrogens (primary N) is 1. The van der Waals surface area contributed by atoms with E-state index in [0.29, 0.717) is 10.6 Å². The lowest BCUT2D eigenvalue weighted by Gasteiger charge is -2.16. The Morgan fingerprint density at radius 1 is 1.29 bits per heavy atom. The highest BCUT2D eigenvalue weighted by Gasteiger charge is 2.21. The summed E-state index contributed by atoms with van der Waals surface area (Å²) >= 11 is 5.90. The molecule has 126 valence electrons. The standard InChI is InChI=1S/C17H18ClN3O3/c1-17(2,3)24-21-16(19)11-5-4-8-20-14(11)15(23)12-9-10(18)6-7-13(12)22/h4-9,22H,1-3H3,(H2,19,21). The third-order valence-corrected chi connectivity index (χ3v) is 3.15. The van der Waals surface area contributed by atoms with Crippen molar-refractivity contribution in [2.24, 2.45) is 10.9 Å². The lowest BCUT2D eigenvalue weighted by molar-refractivity contribution is 0.000827. The van der Waals surface area contributed by atoms with Gasteiger partial charge in [0.25, 0.3) is 0 Å². The summed E-state index contributed by atoms with van der Waals surface area (Å²) in [5, 5.41) is 14.1. The molecular weight excluding hydrogens is 330 g/mol. The number of aromatic hydroxyl groups is 1. The van der Waals surface area contributed by atoms with Crippen LogP contribution in [-0.2, 0) is 4.84 Å². The third kappa shape index (κ3) is 4.23. The van der Waals surface area contributed by atoms with Crippen LogP contribution in [-0.4, -0.2) is 27.3 Å². The lowest BCUT2D eigenvalue weighted by Crippen LogP contribution is -2.23. The first-order chi connectivity index (χ1) is 11.2. The molecule has 1 aromatic carbocycles. The van der Waals surface area contributed by atoms with Crippen LogP contribution >= 0.6 is 11.6 Å². The van der Waals surface area contributed by atoms with Crippen LogP contribution in [0, 0.1) is 0 Å². The minimum Gasteiger partial charge on any atom is -0.507 e. The molecule has 0 aliphatic heterocycles. The molecule has 7 heteroatoms. The van der Waals surface area contributed by atoms with E-state index in [9.17, 15) is 9.90 Å². The zero-order valence-electron chi connectivity index (χ0n) is 13.6. The van der Waals surface area contributed by atoms with E-state index in [1.54, 1.807) is 12.1 Å². The lowest BCUT2D eigenvalue weighted by atomic mass is 10.0. The van der Waals surface area contributed by atoms with Gasteiger partial charge in [0.05, 0.1) is 5.56 Å². The summed E-state index contributed by atoms with van der Waals surface area (Å²) in [7, 11) is 0. The Bertz CT molecular complexity index is 798. The van der Waals surface area contributed by atoms with Crippen molar-refractivity contribution in [2.75, 3.05) is 0 Å². The Kier molecular flexibility index (Phi) is 5.09. The number of halogens is 1. The Balaban J connectivity index is 2.45. The van der Waals surface area contributed by atoms with E-state index in [4.69, 9.17) is 22.2 Å². The predicted octanol–water partition coefficient (Wildman–Crippen LogP) is 3.11. The normalized spacial score (nSPS) is 12.1. The minimum absolute atomic E-state index is 0.0166. The number of amidine groups is 1. The van der Waals surface area contributed by atoms with Gasteiger partial charge in [0, 0.05) is 16.8 Å². The van der Waals surface area contributed by atoms with E-state index in [1.807, 2.05) is 20.8 Å². The van der Waals surface area contributed by atoms with Gasteiger partial charge in [0.15, 0.2) is 5.84 Å². The Morgan fingerprint density at radius 3 is 2.67 bits per heavy atom. The number of carbonyl (C=O) groups is 1. The van der Waals surface area contributed by atoms with Gasteiger partial charge in [-0.1, -0.05) is 16.8 Å². The van der Waals surface area contributed by atoms with Crippen LogP contribution in [0.25, 0.3) is 0 Å². The van der Waals surface area contributed by atoms with Crippen LogP contribution in [0.15, 0.2) is 41.7 Å². The predicted molar refractivity (Wildman–Crippen MR) is 92.3 cm³/mol. The van der Waals surface area contributed by atoms with Crippen LogP contribution in [0.1, 0.15) is 42.4 Å². The Labute approximate surface area is 144 Å². The monoisotopic (exact) mass is 347 g/mol. The van der Waals surface area contributed by atoms with Crippen molar-refractivity contribution in [1.29, 1.82) is 0 Å². The van der Waals surface area contributed by atoms with Crippen LogP contribution in [0.2, 0.25) is 5.02 Å². The van der Waals surface area contributed by atoms with Crippen molar-refractivity contribution in [2.45, 2.75) is 26.4 Å². The second-order valence-corrected chi connectivity index (χ2v) is 6.51. The number of benzene rings is 1. The molecule has 0 amide bonds. The smallest absolute Gasteiger partial charge is 0.215 e. The third-order valence-electron chi connectivity index (χ3n) is 2.92. The first-order valence-electron chi connectivity index (χ1n) is 7.19. The summed E-state index contributed by atoms with van der Waals surface area (Å²) in [6.45, 7) is 5.47. The molecule has 0 bridgehead atoms. The first-order valence-corrected chi connectivity index (χ1v) is 7.57. The van der Waals surface area contributed by atoms with Crippen LogP contribution in [0.4, 0.5) is 0 Å². The number of phenols is 1. The fraction of sp³-hybridized carbons (Fsp3) is 0.235. The number of ketones is 1. The van der Waals surface area contributed by atoms with Crippen molar-refractivity contribution in [3.05, 3.63) is 58.4 Å². The summed E-state index contributed by atoms with van der Waals surface area (Å²) in [6, 6.07) is 7.44. The summed E-state index contributed by atoms with van der Waals surface area (Å²) in [5.74, 6) is -0.690. The molecule has 2 rings (SSSR count). The molecule has 6 nitrogen and oxygen atoms in total. The summed E-state index contributed by atoms with van der Waals surface area (Å²) < 4.78 is 0. The molecule has 0 aliphatic rings. The molecule has 1 aromatic heterocycles. The van der Waals surface area contributed by atoms with Gasteiger partial charge in [-0.3, -0.25) is 9.78 Å². The largest absolute Gasteiger partial charge is 0.507 e. The molecule has 0 saturated heterocycles. The van der Waals surface area contributed by atoms with E-state index in [1.165, 1.54) is 24.4 Å². The van der Waals surface area contributed by atoms with Gasteiger partial charge in [-0.25, -0.2) is 0 Å². The second-order valence-electron chi connectivity index (χ2n) is 6.07. The second kappa shape index (κ2) is 6.88. The number of aromatic nitrogens is 1. The molecule has 24 heavy (non-hydrogen) atoms. The molecule has 0 saturated carbocycles. The molecular formula is C17H18ClN3O3. The number of phenolic OH excluding ortho intramolecular Hbond substituents is 1. The maximum atomic E-state index is 12.7. The maximum Gasteiger partial charge on any atom is 0.215 e. The van der Waals surface area contributed by atoms with Gasteiger partial charge in [0.2, 0.25) is 5.78 Å². The molecule has 0 radical (unpaired) electrons. The van der Waals surface area contributed by atoms with Gasteiger partial charge in [-0.2, -0.15) is 0 Å². The molecule has 0 aliphatic carbocycles. The molecule has 0 atom stereocenters. The minimum atomic E-state index is -0.526. The van der Waals surface area contributed by atoms with Gasteiger partial charge >= 0.3 is 0 Å². The van der Waals surface area contributed by atoms with Gasteiger partial charge in [-0.05, 0) is 51.1 Å². The average molecular weight is 348 g/mol. The van der Waals surface area contributed by atoms with Crippen molar-refractivity contribution >= 4 is 23.2 Å². The van der Waals surface area contributed by atoms with Crippen molar-refractivity contribution in [1.82, 2.24) is 4.98 Å². The fourth-order valence-corrected chi connectivity index (χ4v) is 2.02. The van der Waals surface area contributed by atoms with E-state index in [-0.39, 0.29) is 22.8 Å². The van der Waals surface area contributed by atoms with Crippen LogP contribution in [0.3, 0.4) is 0 Å². The van der Waals surface area contributed by atoms with Crippen molar-refractivity contribution < 1.29 is 14.7 Å². The summed E-state index contributed by atoms with van der Waals surface area (Å²) in [6.07, 6.45) is 1.45. The highest BCUT2D eigenvalue weighted by Crippen LogP contribution is 2.24. The molecule has 0 fully saturated rings. The van der Waals surface area contributed by atoms with Crippen molar-refractivity contribution in [3.63, 3.8) is 0 Å². The van der Waals surface area contributed by atoms with Gasteiger partial charge in [-0.15, -0.1) is 0 Å². The van der Waals surface area contributed by atoms with Crippen molar-refractivity contribution in [3.8, 4) is 5.75 Å². The number of pyridine rings is 1. The summed E-state index contributed by atoms with van der Waals surface area (Å²) in [5.41, 5.74) is 5.80.